The Morgan fingerprint density at radius 3 is 2.93 bits per heavy atom. The van der Waals surface area contributed by atoms with Crippen molar-refractivity contribution in [1.82, 2.24) is 15.5 Å². The lowest BCUT2D eigenvalue weighted by atomic mass is 10.0. The van der Waals surface area contributed by atoms with E-state index in [1.54, 1.807) is 6.92 Å². The summed E-state index contributed by atoms with van der Waals surface area (Å²) in [5, 5.41) is 15.6. The van der Waals surface area contributed by atoms with Crippen LogP contribution in [0.5, 0.6) is 0 Å². The predicted molar refractivity (Wildman–Crippen MR) is 52.6 cm³/mol. The van der Waals surface area contributed by atoms with E-state index in [0.717, 1.165) is 19.4 Å². The zero-order valence-electron chi connectivity index (χ0n) is 8.79. The molecule has 1 heterocycles. The quantitative estimate of drug-likeness (QED) is 0.782. The molecule has 1 aliphatic rings. The van der Waals surface area contributed by atoms with Crippen LogP contribution in [0.25, 0.3) is 0 Å². The molecule has 0 aliphatic heterocycles. The highest BCUT2D eigenvalue weighted by molar-refractivity contribution is 5.00. The average Bonchev–Trinajstić information content (AvgIpc) is 2.83. The van der Waals surface area contributed by atoms with Crippen molar-refractivity contribution in [3.8, 4) is 6.07 Å². The molecule has 1 saturated carbocycles. The molecule has 15 heavy (non-hydrogen) atoms. The third-order valence-corrected chi connectivity index (χ3v) is 2.76. The first-order valence-electron chi connectivity index (χ1n) is 5.11. The highest BCUT2D eigenvalue weighted by Gasteiger charge is 2.41. The van der Waals surface area contributed by atoms with Gasteiger partial charge < -0.3 is 9.84 Å². The van der Waals surface area contributed by atoms with Gasteiger partial charge in [-0.15, -0.1) is 0 Å². The van der Waals surface area contributed by atoms with Gasteiger partial charge in [-0.05, 0) is 25.2 Å². The van der Waals surface area contributed by atoms with Crippen molar-refractivity contribution >= 4 is 0 Å². The lowest BCUT2D eigenvalue weighted by molar-refractivity contribution is 0.354. The van der Waals surface area contributed by atoms with Crippen LogP contribution in [0, 0.1) is 23.7 Å². The molecule has 0 bridgehead atoms. The standard InChI is InChI=1S/C10H14N4O/c1-8-13-9(15-14-8)6-12-7-10(2-3-10)4-5-11/h12H,2-4,6-7H2,1H3. The van der Waals surface area contributed by atoms with Crippen molar-refractivity contribution < 1.29 is 4.52 Å². The zero-order valence-corrected chi connectivity index (χ0v) is 8.79. The maximum atomic E-state index is 8.64. The first-order chi connectivity index (χ1) is 7.24. The molecule has 0 aromatic carbocycles. The molecule has 0 spiro atoms. The molecule has 5 heteroatoms. The molecule has 5 nitrogen and oxygen atoms in total. The monoisotopic (exact) mass is 206 g/mol. The molecule has 0 radical (unpaired) electrons. The summed E-state index contributed by atoms with van der Waals surface area (Å²) in [7, 11) is 0. The number of hydrogen-bond acceptors (Lipinski definition) is 5. The minimum Gasteiger partial charge on any atom is -0.338 e. The molecule has 1 fully saturated rings. The van der Waals surface area contributed by atoms with Crippen molar-refractivity contribution in [3.63, 3.8) is 0 Å². The van der Waals surface area contributed by atoms with E-state index >= 15 is 0 Å². The molecule has 0 amide bonds. The number of rotatable bonds is 5. The SMILES string of the molecule is Cc1noc(CNCC2(CC#N)CC2)n1. The van der Waals surface area contributed by atoms with Gasteiger partial charge in [0.25, 0.3) is 0 Å². The first-order valence-corrected chi connectivity index (χ1v) is 5.11. The molecule has 2 rings (SSSR count). The highest BCUT2D eigenvalue weighted by atomic mass is 16.5. The first kappa shape index (κ1) is 10.1. The number of nitrogens with one attached hydrogen (secondary N) is 1. The zero-order chi connectivity index (χ0) is 10.7. The number of aryl methyl sites for hydroxylation is 1. The number of aromatic nitrogens is 2. The molecular formula is C10H14N4O. The maximum absolute atomic E-state index is 8.64. The fraction of sp³-hybridized carbons (Fsp3) is 0.700. The Balaban J connectivity index is 1.74. The number of nitrogens with zero attached hydrogens (tertiary/aromatic N) is 3. The van der Waals surface area contributed by atoms with Gasteiger partial charge in [-0.25, -0.2) is 0 Å². The van der Waals surface area contributed by atoms with Gasteiger partial charge in [0.15, 0.2) is 5.82 Å². The van der Waals surface area contributed by atoms with Crippen LogP contribution in [0.1, 0.15) is 31.0 Å². The Labute approximate surface area is 88.5 Å². The van der Waals surface area contributed by atoms with E-state index in [1.807, 2.05) is 0 Å². The summed E-state index contributed by atoms with van der Waals surface area (Å²) in [6.07, 6.45) is 2.94. The second-order valence-electron chi connectivity index (χ2n) is 4.17. The lowest BCUT2D eigenvalue weighted by Gasteiger charge is -2.10. The van der Waals surface area contributed by atoms with E-state index < -0.39 is 0 Å². The fourth-order valence-electron chi connectivity index (χ4n) is 1.61. The Kier molecular flexibility index (Phi) is 2.69. The summed E-state index contributed by atoms with van der Waals surface area (Å²) in [6.45, 7) is 3.25. The summed E-state index contributed by atoms with van der Waals surface area (Å²) in [4.78, 5) is 4.09. The number of nitriles is 1. The Hall–Kier alpha value is -1.41. The van der Waals surface area contributed by atoms with Crippen LogP contribution in [0.3, 0.4) is 0 Å². The van der Waals surface area contributed by atoms with E-state index in [1.165, 1.54) is 0 Å². The molecule has 1 N–H and O–H groups in total. The second kappa shape index (κ2) is 3.99. The summed E-state index contributed by atoms with van der Waals surface area (Å²) in [5.74, 6) is 1.27. The van der Waals surface area contributed by atoms with Crippen LogP contribution in [-0.4, -0.2) is 16.7 Å². The van der Waals surface area contributed by atoms with E-state index in [2.05, 4.69) is 21.5 Å². The Morgan fingerprint density at radius 2 is 2.40 bits per heavy atom. The van der Waals surface area contributed by atoms with Gasteiger partial charge >= 0.3 is 0 Å². The summed E-state index contributed by atoms with van der Waals surface area (Å²) >= 11 is 0. The van der Waals surface area contributed by atoms with Gasteiger partial charge in [0.05, 0.1) is 12.6 Å². The molecule has 0 atom stereocenters. The molecule has 1 aliphatic carbocycles. The van der Waals surface area contributed by atoms with E-state index in [-0.39, 0.29) is 5.41 Å². The van der Waals surface area contributed by atoms with Crippen molar-refractivity contribution in [2.24, 2.45) is 5.41 Å². The smallest absolute Gasteiger partial charge is 0.240 e. The van der Waals surface area contributed by atoms with E-state index in [9.17, 15) is 0 Å². The van der Waals surface area contributed by atoms with Gasteiger partial charge in [-0.2, -0.15) is 10.2 Å². The summed E-state index contributed by atoms with van der Waals surface area (Å²) in [5.41, 5.74) is 0.226. The van der Waals surface area contributed by atoms with E-state index in [0.29, 0.717) is 24.7 Å². The molecule has 80 valence electrons. The van der Waals surface area contributed by atoms with Crippen molar-refractivity contribution in [2.75, 3.05) is 6.54 Å². The van der Waals surface area contributed by atoms with Crippen LogP contribution in [-0.2, 0) is 6.54 Å². The normalized spacial score (nSPS) is 17.3. The van der Waals surface area contributed by atoms with Gasteiger partial charge in [0, 0.05) is 13.0 Å². The third kappa shape index (κ3) is 2.54. The summed E-state index contributed by atoms with van der Waals surface area (Å²) < 4.78 is 4.97. The van der Waals surface area contributed by atoms with Gasteiger partial charge in [-0.3, -0.25) is 0 Å². The molecule has 1 aromatic heterocycles. The van der Waals surface area contributed by atoms with E-state index in [4.69, 9.17) is 9.78 Å². The number of hydrogen-bond donors (Lipinski definition) is 1. The maximum Gasteiger partial charge on any atom is 0.240 e. The van der Waals surface area contributed by atoms with Gasteiger partial charge in [0.2, 0.25) is 5.89 Å². The Morgan fingerprint density at radius 1 is 1.60 bits per heavy atom. The van der Waals surface area contributed by atoms with Crippen LogP contribution >= 0.6 is 0 Å². The topological polar surface area (TPSA) is 74.7 Å². The molecule has 1 aromatic rings. The van der Waals surface area contributed by atoms with Gasteiger partial charge in [-0.1, -0.05) is 5.16 Å². The van der Waals surface area contributed by atoms with Crippen LogP contribution < -0.4 is 5.32 Å². The molecule has 0 saturated heterocycles. The van der Waals surface area contributed by atoms with Crippen molar-refractivity contribution in [3.05, 3.63) is 11.7 Å². The minimum atomic E-state index is 0.226. The molecule has 0 unspecified atom stereocenters. The lowest BCUT2D eigenvalue weighted by Crippen LogP contribution is -2.23. The van der Waals surface area contributed by atoms with Gasteiger partial charge in [0.1, 0.15) is 0 Å². The van der Waals surface area contributed by atoms with Crippen molar-refractivity contribution in [1.29, 1.82) is 5.26 Å². The van der Waals surface area contributed by atoms with Crippen molar-refractivity contribution in [2.45, 2.75) is 32.7 Å². The predicted octanol–water partition coefficient (Wildman–Crippen LogP) is 1.16. The second-order valence-corrected chi connectivity index (χ2v) is 4.17. The fourth-order valence-corrected chi connectivity index (χ4v) is 1.61. The third-order valence-electron chi connectivity index (χ3n) is 2.76. The molecular weight excluding hydrogens is 192 g/mol. The highest BCUT2D eigenvalue weighted by Crippen LogP contribution is 2.47. The Bertz CT molecular complexity index is 375. The largest absolute Gasteiger partial charge is 0.338 e. The van der Waals surface area contributed by atoms with Crippen LogP contribution in [0.4, 0.5) is 0 Å². The average molecular weight is 206 g/mol. The minimum absolute atomic E-state index is 0.226. The van der Waals surface area contributed by atoms with Crippen LogP contribution in [0.15, 0.2) is 4.52 Å². The van der Waals surface area contributed by atoms with Crippen LogP contribution in [0.2, 0.25) is 0 Å². The summed E-state index contributed by atoms with van der Waals surface area (Å²) in [6, 6.07) is 2.23.